The lowest BCUT2D eigenvalue weighted by Gasteiger charge is -2.27. The largest absolute Gasteiger partial charge is 0.353 e. The highest BCUT2D eigenvalue weighted by Gasteiger charge is 2.34. The molecular formula is C18H32N6. The summed E-state index contributed by atoms with van der Waals surface area (Å²) in [5.41, 5.74) is 0.416. The van der Waals surface area contributed by atoms with E-state index in [1.54, 1.807) is 0 Å². The molecule has 6 heteroatoms. The molecule has 24 heavy (non-hydrogen) atoms. The van der Waals surface area contributed by atoms with E-state index in [1.807, 2.05) is 18.5 Å². The van der Waals surface area contributed by atoms with Crippen molar-refractivity contribution < 1.29 is 0 Å². The highest BCUT2D eigenvalue weighted by molar-refractivity contribution is 5.80. The molecule has 0 radical (unpaired) electrons. The molecule has 1 N–H and O–H groups in total. The summed E-state index contributed by atoms with van der Waals surface area (Å²) in [4.78, 5) is 7.37. The summed E-state index contributed by atoms with van der Waals surface area (Å²) in [6, 6.07) is 0.582. The molecule has 3 rings (SSSR count). The first-order valence-corrected chi connectivity index (χ1v) is 9.41. The standard InChI is InChI=1S/C18H32N6/c1-5-18(3)10-11-24(13-18)17(20-15-8-6-7-9-15)19-12-16-22-21-14(2)23(16)4/h15H,5-13H2,1-4H3,(H,19,20). The fraction of sp³-hybridized carbons (Fsp3) is 0.833. The van der Waals surface area contributed by atoms with Crippen LogP contribution in [0.25, 0.3) is 0 Å². The van der Waals surface area contributed by atoms with Gasteiger partial charge < -0.3 is 14.8 Å². The molecule has 0 aromatic carbocycles. The molecule has 134 valence electrons. The van der Waals surface area contributed by atoms with Crippen LogP contribution in [0, 0.1) is 12.3 Å². The van der Waals surface area contributed by atoms with E-state index >= 15 is 0 Å². The van der Waals surface area contributed by atoms with Crippen molar-refractivity contribution in [1.82, 2.24) is 25.0 Å². The zero-order valence-corrected chi connectivity index (χ0v) is 15.7. The van der Waals surface area contributed by atoms with E-state index in [0.717, 1.165) is 30.7 Å². The normalized spacial score (nSPS) is 25.7. The second kappa shape index (κ2) is 7.11. The van der Waals surface area contributed by atoms with Crippen molar-refractivity contribution in [1.29, 1.82) is 0 Å². The maximum Gasteiger partial charge on any atom is 0.194 e. The number of likely N-dealkylation sites (tertiary alicyclic amines) is 1. The number of nitrogens with zero attached hydrogens (tertiary/aromatic N) is 5. The highest BCUT2D eigenvalue weighted by Crippen LogP contribution is 2.33. The van der Waals surface area contributed by atoms with Gasteiger partial charge in [-0.05, 0) is 38.0 Å². The third kappa shape index (κ3) is 3.73. The summed E-state index contributed by atoms with van der Waals surface area (Å²) in [5.74, 6) is 2.93. The average molecular weight is 332 g/mol. The topological polar surface area (TPSA) is 58.3 Å². The van der Waals surface area contributed by atoms with Gasteiger partial charge in [0, 0.05) is 26.2 Å². The lowest BCUT2D eigenvalue weighted by molar-refractivity contribution is 0.320. The van der Waals surface area contributed by atoms with Crippen LogP contribution in [0.2, 0.25) is 0 Å². The van der Waals surface area contributed by atoms with Gasteiger partial charge in [0.15, 0.2) is 11.8 Å². The van der Waals surface area contributed by atoms with Gasteiger partial charge in [-0.3, -0.25) is 0 Å². The fourth-order valence-electron chi connectivity index (χ4n) is 3.72. The Kier molecular flexibility index (Phi) is 5.11. The highest BCUT2D eigenvalue weighted by atomic mass is 15.3. The smallest absolute Gasteiger partial charge is 0.194 e. The second-order valence-corrected chi connectivity index (χ2v) is 7.82. The summed E-state index contributed by atoms with van der Waals surface area (Å²) in [6.45, 7) is 9.46. The molecule has 0 amide bonds. The zero-order chi connectivity index (χ0) is 17.2. The molecule has 1 aromatic heterocycles. The Balaban J connectivity index is 1.74. The van der Waals surface area contributed by atoms with Crippen molar-refractivity contribution in [2.45, 2.75) is 71.9 Å². The summed E-state index contributed by atoms with van der Waals surface area (Å²) in [6.07, 6.45) is 7.67. The van der Waals surface area contributed by atoms with Gasteiger partial charge in [-0.1, -0.05) is 26.7 Å². The number of nitrogens with one attached hydrogen (secondary N) is 1. The van der Waals surface area contributed by atoms with Crippen LogP contribution in [0.15, 0.2) is 4.99 Å². The molecule has 2 heterocycles. The summed E-state index contributed by atoms with van der Waals surface area (Å²) < 4.78 is 2.02. The number of guanidine groups is 1. The van der Waals surface area contributed by atoms with Crippen molar-refractivity contribution in [2.24, 2.45) is 17.5 Å². The number of hydrogen-bond donors (Lipinski definition) is 1. The van der Waals surface area contributed by atoms with E-state index in [1.165, 1.54) is 38.5 Å². The molecule has 1 saturated heterocycles. The quantitative estimate of drug-likeness (QED) is 0.680. The molecule has 1 aliphatic heterocycles. The summed E-state index contributed by atoms with van der Waals surface area (Å²) >= 11 is 0. The van der Waals surface area contributed by atoms with Crippen LogP contribution in [0.1, 0.15) is 64.0 Å². The number of aromatic nitrogens is 3. The molecule has 1 saturated carbocycles. The minimum atomic E-state index is 0.416. The van der Waals surface area contributed by atoms with E-state index in [9.17, 15) is 0 Å². The van der Waals surface area contributed by atoms with Crippen LogP contribution in [0.4, 0.5) is 0 Å². The van der Waals surface area contributed by atoms with Crippen LogP contribution in [-0.4, -0.2) is 44.8 Å². The van der Waals surface area contributed by atoms with Crippen LogP contribution in [0.5, 0.6) is 0 Å². The molecule has 1 unspecified atom stereocenters. The Hall–Kier alpha value is -1.59. The number of aliphatic imine (C=N–C) groups is 1. The van der Waals surface area contributed by atoms with Crippen LogP contribution in [0.3, 0.4) is 0 Å². The lowest BCUT2D eigenvalue weighted by atomic mass is 9.87. The monoisotopic (exact) mass is 332 g/mol. The van der Waals surface area contributed by atoms with Gasteiger partial charge >= 0.3 is 0 Å². The molecular weight excluding hydrogens is 300 g/mol. The zero-order valence-electron chi connectivity index (χ0n) is 15.7. The van der Waals surface area contributed by atoms with E-state index in [2.05, 4.69) is 34.3 Å². The maximum absolute atomic E-state index is 4.92. The fourth-order valence-corrected chi connectivity index (χ4v) is 3.72. The minimum absolute atomic E-state index is 0.416. The van der Waals surface area contributed by atoms with Crippen molar-refractivity contribution in [3.05, 3.63) is 11.6 Å². The molecule has 0 spiro atoms. The Morgan fingerprint density at radius 3 is 2.67 bits per heavy atom. The first kappa shape index (κ1) is 17.2. The summed E-state index contributed by atoms with van der Waals surface area (Å²) in [5, 5.41) is 12.1. The predicted molar refractivity (Wildman–Crippen MR) is 96.9 cm³/mol. The number of aryl methyl sites for hydroxylation is 1. The number of hydrogen-bond acceptors (Lipinski definition) is 3. The van der Waals surface area contributed by atoms with Gasteiger partial charge in [-0.25, -0.2) is 4.99 Å². The third-order valence-electron chi connectivity index (χ3n) is 5.95. The third-order valence-corrected chi connectivity index (χ3v) is 5.95. The molecule has 2 fully saturated rings. The second-order valence-electron chi connectivity index (χ2n) is 7.82. The molecule has 2 aliphatic rings. The van der Waals surface area contributed by atoms with Crippen LogP contribution >= 0.6 is 0 Å². The Morgan fingerprint density at radius 1 is 1.33 bits per heavy atom. The molecule has 1 aromatic rings. The van der Waals surface area contributed by atoms with Crippen LogP contribution < -0.4 is 5.32 Å². The van der Waals surface area contributed by atoms with E-state index < -0.39 is 0 Å². The van der Waals surface area contributed by atoms with E-state index in [-0.39, 0.29) is 0 Å². The first-order chi connectivity index (χ1) is 11.5. The van der Waals surface area contributed by atoms with Gasteiger partial charge in [-0.2, -0.15) is 0 Å². The van der Waals surface area contributed by atoms with E-state index in [0.29, 0.717) is 18.0 Å². The molecule has 6 nitrogen and oxygen atoms in total. The Labute approximate surface area is 145 Å². The van der Waals surface area contributed by atoms with Gasteiger partial charge in [0.1, 0.15) is 12.4 Å². The van der Waals surface area contributed by atoms with Crippen molar-refractivity contribution in [3.63, 3.8) is 0 Å². The lowest BCUT2D eigenvalue weighted by Crippen LogP contribution is -2.45. The number of rotatable bonds is 4. The van der Waals surface area contributed by atoms with Crippen molar-refractivity contribution >= 4 is 5.96 Å². The van der Waals surface area contributed by atoms with Crippen molar-refractivity contribution in [3.8, 4) is 0 Å². The minimum Gasteiger partial charge on any atom is -0.353 e. The predicted octanol–water partition coefficient (Wildman–Crippen LogP) is 2.63. The maximum atomic E-state index is 4.92. The van der Waals surface area contributed by atoms with Gasteiger partial charge in [-0.15, -0.1) is 10.2 Å². The van der Waals surface area contributed by atoms with E-state index in [4.69, 9.17) is 4.99 Å². The Morgan fingerprint density at radius 2 is 2.08 bits per heavy atom. The van der Waals surface area contributed by atoms with Gasteiger partial charge in [0.05, 0.1) is 0 Å². The van der Waals surface area contributed by atoms with Gasteiger partial charge in [0.25, 0.3) is 0 Å². The van der Waals surface area contributed by atoms with Crippen molar-refractivity contribution in [2.75, 3.05) is 13.1 Å². The molecule has 1 aliphatic carbocycles. The first-order valence-electron chi connectivity index (χ1n) is 9.41. The average Bonchev–Trinajstić information content (AvgIpc) is 3.29. The van der Waals surface area contributed by atoms with Crippen LogP contribution in [-0.2, 0) is 13.6 Å². The molecule has 0 bridgehead atoms. The SMILES string of the molecule is CCC1(C)CCN(C(=NCc2nnc(C)n2C)NC2CCCC2)C1. The summed E-state index contributed by atoms with van der Waals surface area (Å²) in [7, 11) is 2.01. The Bertz CT molecular complexity index is 586. The molecule has 1 atom stereocenters. The van der Waals surface area contributed by atoms with Gasteiger partial charge in [0.2, 0.25) is 0 Å².